The molecule has 0 fully saturated rings. The third kappa shape index (κ3) is 4.18. The smallest absolute Gasteiger partial charge is 0.410 e. The predicted octanol–water partition coefficient (Wildman–Crippen LogP) is 3.84. The number of nitrogens with zero attached hydrogens (tertiary/aromatic N) is 3. The van der Waals surface area contributed by atoms with E-state index in [9.17, 15) is 9.59 Å². The van der Waals surface area contributed by atoms with Gasteiger partial charge in [-0.15, -0.1) is 0 Å². The molecule has 28 heavy (non-hydrogen) atoms. The van der Waals surface area contributed by atoms with Crippen LogP contribution in [0, 0.1) is 6.92 Å². The van der Waals surface area contributed by atoms with Crippen molar-refractivity contribution in [3.05, 3.63) is 41.4 Å². The molecule has 0 saturated heterocycles. The summed E-state index contributed by atoms with van der Waals surface area (Å²) in [6, 6.07) is 3.93. The average molecular weight is 385 g/mol. The minimum absolute atomic E-state index is 0.291. The van der Waals surface area contributed by atoms with Crippen LogP contribution in [0.25, 0.3) is 11.2 Å². The van der Waals surface area contributed by atoms with Gasteiger partial charge in [-0.1, -0.05) is 6.08 Å². The molecule has 0 aromatic carbocycles. The van der Waals surface area contributed by atoms with E-state index in [1.807, 2.05) is 45.2 Å². The highest BCUT2D eigenvalue weighted by Gasteiger charge is 2.24. The Morgan fingerprint density at radius 2 is 2.04 bits per heavy atom. The van der Waals surface area contributed by atoms with E-state index in [-0.39, 0.29) is 12.1 Å². The van der Waals surface area contributed by atoms with Gasteiger partial charge >= 0.3 is 12.1 Å². The van der Waals surface area contributed by atoms with E-state index < -0.39 is 5.60 Å². The first-order valence-corrected chi connectivity index (χ1v) is 9.52. The van der Waals surface area contributed by atoms with E-state index in [4.69, 9.17) is 9.47 Å². The van der Waals surface area contributed by atoms with Gasteiger partial charge in [0.1, 0.15) is 11.2 Å². The summed E-state index contributed by atoms with van der Waals surface area (Å²) in [5, 5.41) is 0. The lowest BCUT2D eigenvalue weighted by atomic mass is 10.0. The number of aryl methyl sites for hydroxylation is 1. The molecule has 0 radical (unpaired) electrons. The number of pyridine rings is 1. The van der Waals surface area contributed by atoms with E-state index in [1.54, 1.807) is 23.1 Å². The number of ether oxygens (including phenoxy) is 2. The van der Waals surface area contributed by atoms with Crippen molar-refractivity contribution in [3.63, 3.8) is 0 Å². The standard InChI is InChI=1S/C21H27N3O4/c1-6-27-19(25)18-14(2)22-17-13-16(9-12-24(17)18)15-7-10-23(11-8-15)20(26)28-21(3,4)5/h7,9,12-13H,6,8,10-11H2,1-5H3. The zero-order valence-corrected chi connectivity index (χ0v) is 17.1. The van der Waals surface area contributed by atoms with Crippen LogP contribution < -0.4 is 0 Å². The number of amides is 1. The van der Waals surface area contributed by atoms with Crippen molar-refractivity contribution in [2.75, 3.05) is 19.7 Å². The molecular weight excluding hydrogens is 358 g/mol. The number of aromatic nitrogens is 2. The molecule has 150 valence electrons. The fourth-order valence-electron chi connectivity index (χ4n) is 3.23. The average Bonchev–Trinajstić information content (AvgIpc) is 2.95. The van der Waals surface area contributed by atoms with E-state index in [1.165, 1.54) is 0 Å². The van der Waals surface area contributed by atoms with Gasteiger partial charge in [-0.2, -0.15) is 0 Å². The SMILES string of the molecule is CCOC(=O)c1c(C)nc2cc(C3=CCN(C(=O)OC(C)(C)C)CC3)ccn12. The minimum Gasteiger partial charge on any atom is -0.461 e. The summed E-state index contributed by atoms with van der Waals surface area (Å²) < 4.78 is 12.3. The van der Waals surface area contributed by atoms with Crippen LogP contribution in [-0.4, -0.2) is 51.6 Å². The second-order valence-corrected chi connectivity index (χ2v) is 7.82. The van der Waals surface area contributed by atoms with Crippen molar-refractivity contribution < 1.29 is 19.1 Å². The first-order chi connectivity index (χ1) is 13.2. The van der Waals surface area contributed by atoms with Gasteiger partial charge in [-0.25, -0.2) is 14.6 Å². The molecule has 1 amide bonds. The summed E-state index contributed by atoms with van der Waals surface area (Å²) in [7, 11) is 0. The predicted molar refractivity (Wildman–Crippen MR) is 106 cm³/mol. The quantitative estimate of drug-likeness (QED) is 0.751. The Morgan fingerprint density at radius 1 is 1.29 bits per heavy atom. The highest BCUT2D eigenvalue weighted by atomic mass is 16.6. The molecule has 0 bridgehead atoms. The molecule has 0 atom stereocenters. The summed E-state index contributed by atoms with van der Waals surface area (Å²) >= 11 is 0. The van der Waals surface area contributed by atoms with Crippen LogP contribution in [0.3, 0.4) is 0 Å². The van der Waals surface area contributed by atoms with Crippen LogP contribution in [0.2, 0.25) is 0 Å². The lowest BCUT2D eigenvalue weighted by Crippen LogP contribution is -2.39. The summed E-state index contributed by atoms with van der Waals surface area (Å²) in [5.41, 5.74) is 3.49. The maximum Gasteiger partial charge on any atom is 0.410 e. The van der Waals surface area contributed by atoms with Gasteiger partial charge in [0.25, 0.3) is 0 Å². The summed E-state index contributed by atoms with van der Waals surface area (Å²) in [4.78, 5) is 30.6. The number of carbonyl (C=O) groups excluding carboxylic acids is 2. The normalized spacial score (nSPS) is 14.8. The van der Waals surface area contributed by atoms with Crippen LogP contribution in [0.5, 0.6) is 0 Å². The summed E-state index contributed by atoms with van der Waals surface area (Å²) in [6.45, 7) is 10.6. The number of hydrogen-bond donors (Lipinski definition) is 0. The zero-order valence-electron chi connectivity index (χ0n) is 17.1. The largest absolute Gasteiger partial charge is 0.461 e. The zero-order chi connectivity index (χ0) is 20.5. The van der Waals surface area contributed by atoms with E-state index in [0.717, 1.165) is 17.6 Å². The highest BCUT2D eigenvalue weighted by Crippen LogP contribution is 2.25. The van der Waals surface area contributed by atoms with Crippen molar-refractivity contribution in [1.82, 2.24) is 14.3 Å². The van der Waals surface area contributed by atoms with Gasteiger partial charge in [0.05, 0.1) is 12.3 Å². The Labute approximate surface area is 164 Å². The topological polar surface area (TPSA) is 73.1 Å². The van der Waals surface area contributed by atoms with Crippen molar-refractivity contribution in [1.29, 1.82) is 0 Å². The Hall–Kier alpha value is -2.83. The molecule has 1 aliphatic rings. The summed E-state index contributed by atoms with van der Waals surface area (Å²) in [5.74, 6) is -0.370. The molecule has 2 aromatic rings. The van der Waals surface area contributed by atoms with Crippen molar-refractivity contribution in [2.24, 2.45) is 0 Å². The van der Waals surface area contributed by atoms with Gasteiger partial charge in [0, 0.05) is 19.3 Å². The monoisotopic (exact) mass is 385 g/mol. The van der Waals surface area contributed by atoms with Gasteiger partial charge in [-0.05, 0) is 64.3 Å². The van der Waals surface area contributed by atoms with Crippen molar-refractivity contribution in [2.45, 2.75) is 46.6 Å². The Balaban J connectivity index is 1.80. The molecule has 0 spiro atoms. The molecule has 2 aromatic heterocycles. The maximum absolute atomic E-state index is 12.2. The lowest BCUT2D eigenvalue weighted by molar-refractivity contribution is 0.0270. The first-order valence-electron chi connectivity index (χ1n) is 9.52. The summed E-state index contributed by atoms with van der Waals surface area (Å²) in [6.07, 6.45) is 4.33. The van der Waals surface area contributed by atoms with Crippen LogP contribution in [0.1, 0.15) is 55.9 Å². The molecule has 0 saturated carbocycles. The second-order valence-electron chi connectivity index (χ2n) is 7.82. The van der Waals surface area contributed by atoms with Crippen molar-refractivity contribution >= 4 is 23.3 Å². The van der Waals surface area contributed by atoms with Gasteiger partial charge in [0.2, 0.25) is 0 Å². The number of hydrogen-bond acceptors (Lipinski definition) is 5. The molecule has 1 aliphatic heterocycles. The fraction of sp³-hybridized carbons (Fsp3) is 0.476. The number of esters is 1. The van der Waals surface area contributed by atoms with Gasteiger partial charge in [-0.3, -0.25) is 4.40 Å². The van der Waals surface area contributed by atoms with E-state index in [2.05, 4.69) is 4.98 Å². The maximum atomic E-state index is 12.2. The molecule has 0 N–H and O–H groups in total. The van der Waals surface area contributed by atoms with Gasteiger partial charge in [0.15, 0.2) is 5.69 Å². The van der Waals surface area contributed by atoms with Crippen LogP contribution >= 0.6 is 0 Å². The Kier molecular flexibility index (Phi) is 5.45. The molecule has 7 nitrogen and oxygen atoms in total. The molecular formula is C21H27N3O4. The number of rotatable bonds is 3. The Bertz CT molecular complexity index is 937. The van der Waals surface area contributed by atoms with E-state index >= 15 is 0 Å². The van der Waals surface area contributed by atoms with Gasteiger partial charge < -0.3 is 14.4 Å². The lowest BCUT2D eigenvalue weighted by Gasteiger charge is -2.29. The third-order valence-electron chi connectivity index (χ3n) is 4.50. The molecule has 3 rings (SSSR count). The Morgan fingerprint density at radius 3 is 2.64 bits per heavy atom. The second kappa shape index (κ2) is 7.66. The first kappa shape index (κ1) is 19.9. The molecule has 3 heterocycles. The number of carbonyl (C=O) groups is 2. The van der Waals surface area contributed by atoms with Crippen LogP contribution in [-0.2, 0) is 9.47 Å². The van der Waals surface area contributed by atoms with Crippen molar-refractivity contribution in [3.8, 4) is 0 Å². The minimum atomic E-state index is -0.499. The van der Waals surface area contributed by atoms with Crippen LogP contribution in [0.15, 0.2) is 24.4 Å². The molecule has 0 unspecified atom stereocenters. The van der Waals surface area contributed by atoms with Crippen LogP contribution in [0.4, 0.5) is 4.79 Å². The fourth-order valence-corrected chi connectivity index (χ4v) is 3.23. The van der Waals surface area contributed by atoms with E-state index in [0.29, 0.717) is 36.7 Å². The number of fused-ring (bicyclic) bond motifs is 1. The third-order valence-corrected chi connectivity index (χ3v) is 4.50. The number of imidazole rings is 1. The molecule has 0 aliphatic carbocycles. The highest BCUT2D eigenvalue weighted by molar-refractivity contribution is 5.90. The molecule has 7 heteroatoms.